The SMILES string of the molecule is Cc1c(C(=O)c2ccc(Cl)cc2Cl)c(O)n(C)c(=O)c1C#N. The molecule has 5 nitrogen and oxygen atoms in total. The van der Waals surface area contributed by atoms with Crippen LogP contribution in [0.4, 0.5) is 0 Å². The van der Waals surface area contributed by atoms with Crippen LogP contribution in [0.3, 0.4) is 0 Å². The first-order chi connectivity index (χ1) is 10.3. The van der Waals surface area contributed by atoms with Gasteiger partial charge in [0.15, 0.2) is 5.78 Å². The van der Waals surface area contributed by atoms with Gasteiger partial charge in [-0.1, -0.05) is 23.2 Å². The molecule has 112 valence electrons. The average Bonchev–Trinajstić information content (AvgIpc) is 2.45. The molecule has 0 unspecified atom stereocenters. The first-order valence-electron chi connectivity index (χ1n) is 6.12. The van der Waals surface area contributed by atoms with Crippen LogP contribution in [0.25, 0.3) is 0 Å². The minimum atomic E-state index is -0.670. The molecule has 0 aliphatic heterocycles. The van der Waals surface area contributed by atoms with E-state index in [1.54, 1.807) is 6.07 Å². The van der Waals surface area contributed by atoms with Crippen molar-refractivity contribution >= 4 is 29.0 Å². The fourth-order valence-electron chi connectivity index (χ4n) is 2.10. The zero-order chi connectivity index (χ0) is 16.6. The predicted molar refractivity (Wildman–Crippen MR) is 82.7 cm³/mol. The van der Waals surface area contributed by atoms with E-state index in [1.807, 2.05) is 0 Å². The van der Waals surface area contributed by atoms with Gasteiger partial charge >= 0.3 is 0 Å². The van der Waals surface area contributed by atoms with Crippen LogP contribution in [0.1, 0.15) is 27.0 Å². The largest absolute Gasteiger partial charge is 0.494 e. The Bertz CT molecular complexity index is 895. The highest BCUT2D eigenvalue weighted by atomic mass is 35.5. The van der Waals surface area contributed by atoms with Crippen molar-refractivity contribution in [2.75, 3.05) is 0 Å². The number of ketones is 1. The van der Waals surface area contributed by atoms with Gasteiger partial charge in [0.25, 0.3) is 5.56 Å². The van der Waals surface area contributed by atoms with Crippen LogP contribution in [-0.2, 0) is 7.05 Å². The van der Waals surface area contributed by atoms with Gasteiger partial charge in [0.05, 0.1) is 10.6 Å². The van der Waals surface area contributed by atoms with Crippen molar-refractivity contribution in [3.8, 4) is 11.9 Å². The summed E-state index contributed by atoms with van der Waals surface area (Å²) in [5, 5.41) is 19.7. The number of pyridine rings is 1. The van der Waals surface area contributed by atoms with Crippen LogP contribution in [-0.4, -0.2) is 15.5 Å². The normalized spacial score (nSPS) is 10.3. The van der Waals surface area contributed by atoms with Gasteiger partial charge in [-0.25, -0.2) is 0 Å². The molecule has 22 heavy (non-hydrogen) atoms. The molecule has 0 bridgehead atoms. The lowest BCUT2D eigenvalue weighted by Gasteiger charge is -2.13. The van der Waals surface area contributed by atoms with Crippen molar-refractivity contribution in [3.05, 3.63) is 60.9 Å². The fraction of sp³-hybridized carbons (Fsp3) is 0.133. The summed E-state index contributed by atoms with van der Waals surface area (Å²) in [6, 6.07) is 6.06. The standard InChI is InChI=1S/C15H10Cl2N2O3/c1-7-10(6-18)14(21)19(2)15(22)12(7)13(20)9-4-3-8(16)5-11(9)17/h3-5,22H,1-2H3. The Balaban J connectivity index is 2.78. The van der Waals surface area contributed by atoms with Crippen LogP contribution in [0.15, 0.2) is 23.0 Å². The van der Waals surface area contributed by atoms with Crippen molar-refractivity contribution < 1.29 is 9.90 Å². The van der Waals surface area contributed by atoms with E-state index < -0.39 is 17.2 Å². The molecule has 1 heterocycles. The predicted octanol–water partition coefficient (Wildman–Crippen LogP) is 2.81. The van der Waals surface area contributed by atoms with Crippen molar-refractivity contribution in [2.45, 2.75) is 6.92 Å². The third-order valence-electron chi connectivity index (χ3n) is 3.32. The van der Waals surface area contributed by atoms with E-state index in [4.69, 9.17) is 28.5 Å². The number of aromatic nitrogens is 1. The number of rotatable bonds is 2. The lowest BCUT2D eigenvalue weighted by molar-refractivity contribution is 0.103. The third-order valence-corrected chi connectivity index (χ3v) is 3.87. The minimum absolute atomic E-state index is 0.110. The molecule has 7 heteroatoms. The Hall–Kier alpha value is -2.29. The average molecular weight is 337 g/mol. The number of carbonyl (C=O) groups is 1. The molecular weight excluding hydrogens is 327 g/mol. The van der Waals surface area contributed by atoms with E-state index >= 15 is 0 Å². The molecule has 0 amide bonds. The molecule has 0 saturated heterocycles. The monoisotopic (exact) mass is 336 g/mol. The third kappa shape index (κ3) is 2.47. The zero-order valence-corrected chi connectivity index (χ0v) is 13.2. The number of benzene rings is 1. The second-order valence-electron chi connectivity index (χ2n) is 4.63. The van der Waals surface area contributed by atoms with Gasteiger partial charge in [0, 0.05) is 17.6 Å². The summed E-state index contributed by atoms with van der Waals surface area (Å²) < 4.78 is 0.850. The van der Waals surface area contributed by atoms with Gasteiger partial charge in [-0.05, 0) is 30.7 Å². The Morgan fingerprint density at radius 2 is 2.00 bits per heavy atom. The second-order valence-corrected chi connectivity index (χ2v) is 5.47. The lowest BCUT2D eigenvalue weighted by atomic mass is 9.97. The summed E-state index contributed by atoms with van der Waals surface area (Å²) in [4.78, 5) is 24.5. The van der Waals surface area contributed by atoms with Gasteiger partial charge in [0.2, 0.25) is 5.88 Å². The summed E-state index contributed by atoms with van der Waals surface area (Å²) in [6.07, 6.45) is 0. The maximum absolute atomic E-state index is 12.6. The van der Waals surface area contributed by atoms with Gasteiger partial charge in [-0.3, -0.25) is 14.2 Å². The molecule has 0 saturated carbocycles. The van der Waals surface area contributed by atoms with Gasteiger partial charge in [-0.2, -0.15) is 5.26 Å². The molecule has 0 aliphatic carbocycles. The van der Waals surface area contributed by atoms with Crippen LogP contribution in [0, 0.1) is 18.3 Å². The van der Waals surface area contributed by atoms with Crippen molar-refractivity contribution in [3.63, 3.8) is 0 Å². The topological polar surface area (TPSA) is 83.1 Å². The summed E-state index contributed by atoms with van der Waals surface area (Å²) in [7, 11) is 1.28. The van der Waals surface area contributed by atoms with Gasteiger partial charge < -0.3 is 5.11 Å². The first-order valence-corrected chi connectivity index (χ1v) is 6.87. The van der Waals surface area contributed by atoms with Crippen LogP contribution in [0.5, 0.6) is 5.88 Å². The molecule has 0 radical (unpaired) electrons. The van der Waals surface area contributed by atoms with Crippen molar-refractivity contribution in [1.82, 2.24) is 4.57 Å². The minimum Gasteiger partial charge on any atom is -0.494 e. The van der Waals surface area contributed by atoms with Gasteiger partial charge in [0.1, 0.15) is 11.6 Å². The molecule has 1 aromatic heterocycles. The van der Waals surface area contributed by atoms with Crippen molar-refractivity contribution in [2.24, 2.45) is 7.05 Å². The summed E-state index contributed by atoms with van der Waals surface area (Å²) in [5.41, 5.74) is -0.779. The van der Waals surface area contributed by atoms with Crippen molar-refractivity contribution in [1.29, 1.82) is 5.26 Å². The number of carbonyl (C=O) groups excluding carboxylic acids is 1. The molecular formula is C15H10Cl2N2O3. The lowest BCUT2D eigenvalue weighted by Crippen LogP contribution is -2.24. The fourth-order valence-corrected chi connectivity index (χ4v) is 2.59. The Morgan fingerprint density at radius 3 is 2.55 bits per heavy atom. The Kier molecular flexibility index (Phi) is 4.27. The number of halogens is 2. The smallest absolute Gasteiger partial charge is 0.271 e. The van der Waals surface area contributed by atoms with Gasteiger partial charge in [-0.15, -0.1) is 0 Å². The summed E-state index contributed by atoms with van der Waals surface area (Å²) in [5.74, 6) is -1.11. The van der Waals surface area contributed by atoms with E-state index in [9.17, 15) is 14.7 Å². The van der Waals surface area contributed by atoms with E-state index in [0.29, 0.717) is 5.02 Å². The molecule has 1 aromatic carbocycles. The number of nitriles is 1. The maximum atomic E-state index is 12.6. The highest BCUT2D eigenvalue weighted by Crippen LogP contribution is 2.28. The van der Waals surface area contributed by atoms with E-state index in [1.165, 1.54) is 32.2 Å². The molecule has 2 aromatic rings. The van der Waals surface area contributed by atoms with Crippen LogP contribution in [0.2, 0.25) is 10.0 Å². The second kappa shape index (κ2) is 5.84. The molecule has 0 fully saturated rings. The number of hydrogen-bond acceptors (Lipinski definition) is 4. The van der Waals surface area contributed by atoms with E-state index in [2.05, 4.69) is 0 Å². The number of aromatic hydroxyl groups is 1. The zero-order valence-electron chi connectivity index (χ0n) is 11.6. The molecule has 0 aliphatic rings. The first kappa shape index (κ1) is 16.1. The molecule has 1 N–H and O–H groups in total. The number of hydrogen-bond donors (Lipinski definition) is 1. The Labute approximate surface area is 135 Å². The van der Waals surface area contributed by atoms with Crippen LogP contribution >= 0.6 is 23.2 Å². The number of nitrogens with zero attached hydrogens (tertiary/aromatic N) is 2. The summed E-state index contributed by atoms with van der Waals surface area (Å²) >= 11 is 11.8. The van der Waals surface area contributed by atoms with E-state index in [-0.39, 0.29) is 27.3 Å². The molecule has 0 spiro atoms. The highest BCUT2D eigenvalue weighted by Gasteiger charge is 2.24. The molecule has 2 rings (SSSR count). The highest BCUT2D eigenvalue weighted by molar-refractivity contribution is 6.37. The molecule has 0 atom stereocenters. The van der Waals surface area contributed by atoms with E-state index in [0.717, 1.165) is 4.57 Å². The summed E-state index contributed by atoms with van der Waals surface area (Å²) in [6.45, 7) is 1.43. The quantitative estimate of drug-likeness (QED) is 0.854. The Morgan fingerprint density at radius 1 is 1.36 bits per heavy atom. The maximum Gasteiger partial charge on any atom is 0.271 e. The van der Waals surface area contributed by atoms with Crippen LogP contribution < -0.4 is 5.56 Å².